The molecule has 5 heteroatoms. The zero-order valence-corrected chi connectivity index (χ0v) is 20.7. The van der Waals surface area contributed by atoms with Gasteiger partial charge in [-0.2, -0.15) is 0 Å². The van der Waals surface area contributed by atoms with E-state index in [0.29, 0.717) is 24.3 Å². The van der Waals surface area contributed by atoms with Crippen LogP contribution in [0.15, 0.2) is 78.9 Å². The second-order valence-electron chi connectivity index (χ2n) is 9.00. The molecule has 1 heterocycles. The standard InChI is InChI=1S/C30H35N3O2/c1-3-32(4-2)30(35)26-22-25(18-19-27(26)33-20-12-7-13-21-33)31-29(34)28(23-14-8-5-9-15-23)24-16-10-6-11-17-24/h5-6,8-11,14-19,22,28H,3-4,7,12-13,20-21H2,1-2H3,(H,31,34). The van der Waals surface area contributed by atoms with Crippen LogP contribution in [0.2, 0.25) is 0 Å². The van der Waals surface area contributed by atoms with E-state index in [-0.39, 0.29) is 11.8 Å². The maximum Gasteiger partial charge on any atom is 0.256 e. The Labute approximate surface area is 208 Å². The van der Waals surface area contributed by atoms with Crippen molar-refractivity contribution in [2.75, 3.05) is 36.4 Å². The van der Waals surface area contributed by atoms with E-state index in [0.717, 1.165) is 42.7 Å². The third-order valence-electron chi connectivity index (χ3n) is 6.77. The summed E-state index contributed by atoms with van der Waals surface area (Å²) in [6.45, 7) is 7.20. The number of hydrogen-bond acceptors (Lipinski definition) is 3. The number of anilines is 2. The van der Waals surface area contributed by atoms with Crippen LogP contribution in [0.3, 0.4) is 0 Å². The second-order valence-corrected chi connectivity index (χ2v) is 9.00. The zero-order valence-electron chi connectivity index (χ0n) is 20.7. The normalized spacial score (nSPS) is 13.5. The molecule has 4 rings (SSSR count). The molecule has 1 fully saturated rings. The van der Waals surface area contributed by atoms with E-state index in [2.05, 4.69) is 10.2 Å². The van der Waals surface area contributed by atoms with Crippen LogP contribution in [0.4, 0.5) is 11.4 Å². The minimum Gasteiger partial charge on any atom is -0.371 e. The van der Waals surface area contributed by atoms with Gasteiger partial charge in [-0.25, -0.2) is 0 Å². The third kappa shape index (κ3) is 5.73. The zero-order chi connectivity index (χ0) is 24.6. The maximum absolute atomic E-state index is 13.6. The summed E-state index contributed by atoms with van der Waals surface area (Å²) in [5.41, 5.74) is 4.12. The molecule has 0 unspecified atom stereocenters. The molecular weight excluding hydrogens is 434 g/mol. The number of carbonyl (C=O) groups excluding carboxylic acids is 2. The minimum absolute atomic E-state index is 0.00865. The SMILES string of the molecule is CCN(CC)C(=O)c1cc(NC(=O)C(c2ccccc2)c2ccccc2)ccc1N1CCCCC1. The highest BCUT2D eigenvalue weighted by atomic mass is 16.2. The van der Waals surface area contributed by atoms with Crippen LogP contribution >= 0.6 is 0 Å². The Bertz CT molecular complexity index is 1080. The van der Waals surface area contributed by atoms with Gasteiger partial charge in [-0.15, -0.1) is 0 Å². The van der Waals surface area contributed by atoms with Gasteiger partial charge in [0.1, 0.15) is 0 Å². The highest BCUT2D eigenvalue weighted by molar-refractivity contribution is 6.03. The molecule has 1 saturated heterocycles. The lowest BCUT2D eigenvalue weighted by molar-refractivity contribution is -0.116. The van der Waals surface area contributed by atoms with Crippen molar-refractivity contribution < 1.29 is 9.59 Å². The Hall–Kier alpha value is -3.60. The van der Waals surface area contributed by atoms with Gasteiger partial charge in [-0.05, 0) is 62.4 Å². The van der Waals surface area contributed by atoms with Gasteiger partial charge >= 0.3 is 0 Å². The summed E-state index contributed by atoms with van der Waals surface area (Å²) >= 11 is 0. The van der Waals surface area contributed by atoms with Crippen LogP contribution in [0.5, 0.6) is 0 Å². The van der Waals surface area contributed by atoms with Gasteiger partial charge in [-0.3, -0.25) is 9.59 Å². The summed E-state index contributed by atoms with van der Waals surface area (Å²) in [6, 6.07) is 25.4. The maximum atomic E-state index is 13.6. The van der Waals surface area contributed by atoms with Crippen LogP contribution in [-0.2, 0) is 4.79 Å². The first kappa shape index (κ1) is 24.5. The smallest absolute Gasteiger partial charge is 0.256 e. The van der Waals surface area contributed by atoms with E-state index in [4.69, 9.17) is 0 Å². The van der Waals surface area contributed by atoms with E-state index in [1.807, 2.05) is 97.6 Å². The number of benzene rings is 3. The number of hydrogen-bond donors (Lipinski definition) is 1. The fourth-order valence-electron chi connectivity index (χ4n) is 4.88. The Kier molecular flexibility index (Phi) is 8.19. The molecule has 0 aromatic heterocycles. The molecular formula is C30H35N3O2. The molecule has 0 aliphatic carbocycles. The van der Waals surface area contributed by atoms with Gasteiger partial charge in [0.05, 0.1) is 11.5 Å². The van der Waals surface area contributed by atoms with Gasteiger partial charge in [0.25, 0.3) is 5.91 Å². The fourth-order valence-corrected chi connectivity index (χ4v) is 4.88. The molecule has 1 N–H and O–H groups in total. The second kappa shape index (κ2) is 11.7. The van der Waals surface area contributed by atoms with Crippen molar-refractivity contribution in [2.45, 2.75) is 39.0 Å². The fraction of sp³-hybridized carbons (Fsp3) is 0.333. The lowest BCUT2D eigenvalue weighted by Crippen LogP contribution is -2.35. The number of amides is 2. The molecule has 0 spiro atoms. The predicted octanol–water partition coefficient (Wildman–Crippen LogP) is 5.93. The highest BCUT2D eigenvalue weighted by Crippen LogP contribution is 2.30. The molecule has 35 heavy (non-hydrogen) atoms. The monoisotopic (exact) mass is 469 g/mol. The summed E-state index contributed by atoms with van der Waals surface area (Å²) in [5.74, 6) is -0.551. The Morgan fingerprint density at radius 1 is 0.829 bits per heavy atom. The molecule has 1 aliphatic rings. The summed E-state index contributed by atoms with van der Waals surface area (Å²) in [6.07, 6.45) is 3.49. The third-order valence-corrected chi connectivity index (χ3v) is 6.77. The molecule has 0 radical (unpaired) electrons. The first-order valence-electron chi connectivity index (χ1n) is 12.7. The van der Waals surface area contributed by atoms with E-state index >= 15 is 0 Å². The lowest BCUT2D eigenvalue weighted by Gasteiger charge is -2.32. The van der Waals surface area contributed by atoms with E-state index in [9.17, 15) is 9.59 Å². The van der Waals surface area contributed by atoms with Gasteiger partial charge in [0.15, 0.2) is 0 Å². The van der Waals surface area contributed by atoms with Crippen LogP contribution in [0.1, 0.15) is 60.5 Å². The summed E-state index contributed by atoms with van der Waals surface area (Å²) in [5, 5.41) is 3.11. The molecule has 0 saturated carbocycles. The molecule has 2 amide bonds. The largest absolute Gasteiger partial charge is 0.371 e. The number of carbonyl (C=O) groups is 2. The van der Waals surface area contributed by atoms with Crippen molar-refractivity contribution in [2.24, 2.45) is 0 Å². The van der Waals surface area contributed by atoms with Crippen molar-refractivity contribution in [3.63, 3.8) is 0 Å². The highest BCUT2D eigenvalue weighted by Gasteiger charge is 2.25. The molecule has 5 nitrogen and oxygen atoms in total. The molecule has 182 valence electrons. The average Bonchev–Trinajstić information content (AvgIpc) is 2.91. The number of piperidine rings is 1. The van der Waals surface area contributed by atoms with Gasteiger partial charge in [0, 0.05) is 37.6 Å². The Morgan fingerprint density at radius 2 is 1.40 bits per heavy atom. The van der Waals surface area contributed by atoms with Crippen molar-refractivity contribution >= 4 is 23.2 Å². The number of nitrogens with one attached hydrogen (secondary N) is 1. The minimum atomic E-state index is -0.443. The quantitative estimate of drug-likeness (QED) is 0.445. The van der Waals surface area contributed by atoms with Crippen LogP contribution in [0.25, 0.3) is 0 Å². The number of nitrogens with zero attached hydrogens (tertiary/aromatic N) is 2. The predicted molar refractivity (Wildman–Crippen MR) is 143 cm³/mol. The van der Waals surface area contributed by atoms with Crippen LogP contribution in [0, 0.1) is 0 Å². The topological polar surface area (TPSA) is 52.7 Å². The van der Waals surface area contributed by atoms with Gasteiger partial charge < -0.3 is 15.1 Å². The van der Waals surface area contributed by atoms with Crippen molar-refractivity contribution in [1.82, 2.24) is 4.90 Å². The van der Waals surface area contributed by atoms with Crippen molar-refractivity contribution in [3.8, 4) is 0 Å². The van der Waals surface area contributed by atoms with Crippen molar-refractivity contribution in [1.29, 1.82) is 0 Å². The molecule has 3 aromatic carbocycles. The summed E-state index contributed by atoms with van der Waals surface area (Å²) in [7, 11) is 0. The summed E-state index contributed by atoms with van der Waals surface area (Å²) < 4.78 is 0. The first-order chi connectivity index (χ1) is 17.1. The first-order valence-corrected chi connectivity index (χ1v) is 12.7. The van der Waals surface area contributed by atoms with E-state index < -0.39 is 5.92 Å². The Morgan fingerprint density at radius 3 is 1.94 bits per heavy atom. The average molecular weight is 470 g/mol. The molecule has 0 bridgehead atoms. The molecule has 1 aliphatic heterocycles. The van der Waals surface area contributed by atoms with Gasteiger partial charge in [0.2, 0.25) is 5.91 Å². The molecule has 3 aromatic rings. The summed E-state index contributed by atoms with van der Waals surface area (Å²) in [4.78, 5) is 31.2. The molecule has 0 atom stereocenters. The van der Waals surface area contributed by atoms with E-state index in [1.54, 1.807) is 0 Å². The van der Waals surface area contributed by atoms with E-state index in [1.165, 1.54) is 6.42 Å². The van der Waals surface area contributed by atoms with Gasteiger partial charge in [-0.1, -0.05) is 60.7 Å². The lowest BCUT2D eigenvalue weighted by atomic mass is 9.90. The Balaban J connectivity index is 1.67. The van der Waals surface area contributed by atoms with Crippen molar-refractivity contribution in [3.05, 3.63) is 95.6 Å². The van der Waals surface area contributed by atoms with Crippen LogP contribution < -0.4 is 10.2 Å². The number of rotatable bonds is 8. The van der Waals surface area contributed by atoms with Crippen LogP contribution in [-0.4, -0.2) is 42.9 Å².